The first kappa shape index (κ1) is 9.40. The number of nitrogens with zero attached hydrogens (tertiary/aromatic N) is 2. The summed E-state index contributed by atoms with van der Waals surface area (Å²) in [4.78, 5) is 0. The Labute approximate surface area is 83.7 Å². The predicted molar refractivity (Wildman–Crippen MR) is 54.1 cm³/mol. The van der Waals surface area contributed by atoms with Gasteiger partial charge < -0.3 is 10.1 Å². The van der Waals surface area contributed by atoms with Crippen LogP contribution in [0.5, 0.6) is 0 Å². The number of anilines is 1. The fourth-order valence-corrected chi connectivity index (χ4v) is 1.94. The van der Waals surface area contributed by atoms with Gasteiger partial charge in [0.05, 0.1) is 12.1 Å². The Balaban J connectivity index is 1.97. The lowest BCUT2D eigenvalue weighted by Gasteiger charge is -2.19. The van der Waals surface area contributed by atoms with Crippen molar-refractivity contribution >= 4 is 5.82 Å². The van der Waals surface area contributed by atoms with Gasteiger partial charge in [-0.25, -0.2) is 0 Å². The molecule has 1 fully saturated rings. The number of rotatable bonds is 3. The third-order valence-electron chi connectivity index (χ3n) is 2.66. The fourth-order valence-electron chi connectivity index (χ4n) is 1.94. The molecule has 1 aromatic rings. The maximum atomic E-state index is 5.39. The molecule has 0 spiro atoms. The van der Waals surface area contributed by atoms with E-state index in [2.05, 4.69) is 15.5 Å². The Bertz CT molecular complexity index is 278. The van der Waals surface area contributed by atoms with Gasteiger partial charge in [0.2, 0.25) is 0 Å². The lowest BCUT2D eigenvalue weighted by atomic mass is 10.2. The molecule has 0 aromatic carbocycles. The summed E-state index contributed by atoms with van der Waals surface area (Å²) in [6.07, 6.45) is 5.49. The van der Waals surface area contributed by atoms with Crippen molar-refractivity contribution in [1.29, 1.82) is 0 Å². The third kappa shape index (κ3) is 2.01. The monoisotopic (exact) mass is 193 g/mol. The third-order valence-corrected chi connectivity index (χ3v) is 2.66. The van der Waals surface area contributed by atoms with E-state index >= 15 is 0 Å². The van der Waals surface area contributed by atoms with E-state index in [0.29, 0.717) is 12.1 Å². The number of hydrogen-bond donors (Lipinski definition) is 1. The van der Waals surface area contributed by atoms with Gasteiger partial charge in [0.1, 0.15) is 5.82 Å². The SMILES string of the molecule is COC1CCCC1Nc1cccnn1. The molecule has 0 aliphatic heterocycles. The molecule has 1 aromatic heterocycles. The lowest BCUT2D eigenvalue weighted by Crippen LogP contribution is -2.30. The van der Waals surface area contributed by atoms with E-state index < -0.39 is 0 Å². The molecule has 2 atom stereocenters. The maximum Gasteiger partial charge on any atom is 0.148 e. The van der Waals surface area contributed by atoms with Gasteiger partial charge in [-0.1, -0.05) is 0 Å². The van der Waals surface area contributed by atoms with E-state index in [1.54, 1.807) is 13.3 Å². The van der Waals surface area contributed by atoms with Gasteiger partial charge in [0.25, 0.3) is 0 Å². The van der Waals surface area contributed by atoms with Gasteiger partial charge in [-0.15, -0.1) is 5.10 Å². The van der Waals surface area contributed by atoms with E-state index in [1.165, 1.54) is 6.42 Å². The second-order valence-corrected chi connectivity index (χ2v) is 3.56. The van der Waals surface area contributed by atoms with E-state index in [1.807, 2.05) is 12.1 Å². The highest BCUT2D eigenvalue weighted by Crippen LogP contribution is 2.23. The number of methoxy groups -OCH3 is 1. The minimum absolute atomic E-state index is 0.317. The van der Waals surface area contributed by atoms with Crippen LogP contribution in [0.25, 0.3) is 0 Å². The summed E-state index contributed by atoms with van der Waals surface area (Å²) in [5.74, 6) is 0.835. The molecule has 2 unspecified atom stereocenters. The first-order chi connectivity index (χ1) is 6.90. The summed E-state index contributed by atoms with van der Waals surface area (Å²) in [6.45, 7) is 0. The Morgan fingerprint density at radius 1 is 1.50 bits per heavy atom. The number of nitrogens with one attached hydrogen (secondary N) is 1. The molecular weight excluding hydrogens is 178 g/mol. The number of aromatic nitrogens is 2. The normalized spacial score (nSPS) is 26.4. The van der Waals surface area contributed by atoms with Crippen molar-refractivity contribution in [3.05, 3.63) is 18.3 Å². The first-order valence-electron chi connectivity index (χ1n) is 4.97. The predicted octanol–water partition coefficient (Wildman–Crippen LogP) is 1.46. The number of hydrogen-bond acceptors (Lipinski definition) is 4. The second kappa shape index (κ2) is 4.37. The molecule has 0 bridgehead atoms. The zero-order valence-electron chi connectivity index (χ0n) is 8.31. The van der Waals surface area contributed by atoms with Gasteiger partial charge >= 0.3 is 0 Å². The molecule has 1 aliphatic rings. The highest BCUT2D eigenvalue weighted by Gasteiger charge is 2.26. The summed E-state index contributed by atoms with van der Waals surface area (Å²) in [5, 5.41) is 11.2. The summed E-state index contributed by atoms with van der Waals surface area (Å²) < 4.78 is 5.39. The van der Waals surface area contributed by atoms with Crippen LogP contribution in [0.4, 0.5) is 5.82 Å². The summed E-state index contributed by atoms with van der Waals surface area (Å²) in [7, 11) is 1.77. The van der Waals surface area contributed by atoms with E-state index in [-0.39, 0.29) is 0 Å². The van der Waals surface area contributed by atoms with E-state index in [9.17, 15) is 0 Å². The lowest BCUT2D eigenvalue weighted by molar-refractivity contribution is 0.101. The van der Waals surface area contributed by atoms with Crippen molar-refractivity contribution in [2.45, 2.75) is 31.4 Å². The molecule has 0 amide bonds. The first-order valence-corrected chi connectivity index (χ1v) is 4.97. The molecule has 14 heavy (non-hydrogen) atoms. The van der Waals surface area contributed by atoms with Crippen molar-refractivity contribution < 1.29 is 4.74 Å². The molecule has 1 heterocycles. The van der Waals surface area contributed by atoms with Crippen LogP contribution < -0.4 is 5.32 Å². The molecular formula is C10H15N3O. The van der Waals surface area contributed by atoms with E-state index in [4.69, 9.17) is 4.74 Å². The molecule has 4 heteroatoms. The zero-order valence-corrected chi connectivity index (χ0v) is 8.31. The molecule has 1 aliphatic carbocycles. The van der Waals surface area contributed by atoms with Crippen LogP contribution in [0.2, 0.25) is 0 Å². The molecule has 1 N–H and O–H groups in total. The number of ether oxygens (including phenoxy) is 1. The highest BCUT2D eigenvalue weighted by molar-refractivity contribution is 5.33. The second-order valence-electron chi connectivity index (χ2n) is 3.56. The Hall–Kier alpha value is -1.16. The van der Waals surface area contributed by atoms with Crippen molar-refractivity contribution in [2.75, 3.05) is 12.4 Å². The molecule has 0 radical (unpaired) electrons. The average molecular weight is 193 g/mol. The van der Waals surface area contributed by atoms with Gasteiger partial charge in [-0.3, -0.25) is 0 Å². The van der Waals surface area contributed by atoms with Crippen LogP contribution in [0.3, 0.4) is 0 Å². The minimum atomic E-state index is 0.317. The standard InChI is InChI=1S/C10H15N3O/c1-14-9-5-2-4-8(9)12-10-6-3-7-11-13-10/h3,6-9H,2,4-5H2,1H3,(H,12,13). The Morgan fingerprint density at radius 2 is 2.43 bits per heavy atom. The van der Waals surface area contributed by atoms with Crippen LogP contribution in [0, 0.1) is 0 Å². The van der Waals surface area contributed by atoms with Crippen molar-refractivity contribution in [3.63, 3.8) is 0 Å². The molecule has 0 saturated heterocycles. The van der Waals surface area contributed by atoms with Crippen molar-refractivity contribution in [1.82, 2.24) is 10.2 Å². The summed E-state index contributed by atoms with van der Waals surface area (Å²) in [5.41, 5.74) is 0. The van der Waals surface area contributed by atoms with Crippen LogP contribution in [-0.2, 0) is 4.74 Å². The smallest absolute Gasteiger partial charge is 0.148 e. The van der Waals surface area contributed by atoms with Crippen molar-refractivity contribution in [2.24, 2.45) is 0 Å². The zero-order chi connectivity index (χ0) is 9.80. The van der Waals surface area contributed by atoms with Crippen LogP contribution in [0.1, 0.15) is 19.3 Å². The topological polar surface area (TPSA) is 47.0 Å². The highest BCUT2D eigenvalue weighted by atomic mass is 16.5. The molecule has 2 rings (SSSR count). The molecule has 4 nitrogen and oxygen atoms in total. The fraction of sp³-hybridized carbons (Fsp3) is 0.600. The maximum absolute atomic E-state index is 5.39. The Kier molecular flexibility index (Phi) is 2.93. The van der Waals surface area contributed by atoms with Gasteiger partial charge in [0.15, 0.2) is 0 Å². The average Bonchev–Trinajstić information content (AvgIpc) is 2.67. The van der Waals surface area contributed by atoms with E-state index in [0.717, 1.165) is 18.7 Å². The van der Waals surface area contributed by atoms with Crippen LogP contribution in [0.15, 0.2) is 18.3 Å². The Morgan fingerprint density at radius 3 is 3.14 bits per heavy atom. The summed E-state index contributed by atoms with van der Waals surface area (Å²) >= 11 is 0. The van der Waals surface area contributed by atoms with Crippen LogP contribution >= 0.6 is 0 Å². The quantitative estimate of drug-likeness (QED) is 0.789. The molecule has 1 saturated carbocycles. The van der Waals surface area contributed by atoms with Crippen LogP contribution in [-0.4, -0.2) is 29.5 Å². The largest absolute Gasteiger partial charge is 0.379 e. The van der Waals surface area contributed by atoms with Gasteiger partial charge in [-0.2, -0.15) is 5.10 Å². The van der Waals surface area contributed by atoms with Gasteiger partial charge in [-0.05, 0) is 31.4 Å². The van der Waals surface area contributed by atoms with Gasteiger partial charge in [0, 0.05) is 13.3 Å². The minimum Gasteiger partial charge on any atom is -0.379 e. The molecule has 76 valence electrons. The summed E-state index contributed by atoms with van der Waals surface area (Å²) in [6, 6.07) is 4.20. The van der Waals surface area contributed by atoms with Crippen molar-refractivity contribution in [3.8, 4) is 0 Å².